The topological polar surface area (TPSA) is 81.7 Å². The summed E-state index contributed by atoms with van der Waals surface area (Å²) >= 11 is 0. The van der Waals surface area contributed by atoms with E-state index in [1.54, 1.807) is 0 Å². The van der Waals surface area contributed by atoms with Gasteiger partial charge in [-0.1, -0.05) is 35.2 Å². The van der Waals surface area contributed by atoms with Gasteiger partial charge in [0.1, 0.15) is 0 Å². The molecule has 0 fully saturated rings. The smallest absolute Gasteiger partial charge is 0.260 e. The highest BCUT2D eigenvalue weighted by atomic mass is 32.2. The van der Waals surface area contributed by atoms with E-state index in [1.165, 1.54) is 18.4 Å². The third kappa shape index (κ3) is 3.90. The van der Waals surface area contributed by atoms with Crippen molar-refractivity contribution in [3.63, 3.8) is 0 Å². The second kappa shape index (κ2) is 5.98. The highest BCUT2D eigenvalue weighted by Crippen LogP contribution is 2.12. The number of allylic oxidation sites excluding steroid dienone is 2. The van der Waals surface area contributed by atoms with Crippen LogP contribution < -0.4 is 4.89 Å². The van der Waals surface area contributed by atoms with E-state index in [0.717, 1.165) is 5.56 Å². The zero-order valence-corrected chi connectivity index (χ0v) is 10.8. The molecule has 1 aromatic carbocycles. The Labute approximate surface area is 111 Å². The van der Waals surface area contributed by atoms with Crippen molar-refractivity contribution in [1.82, 2.24) is 9.95 Å². The van der Waals surface area contributed by atoms with Crippen LogP contribution in [0.4, 0.5) is 0 Å². The van der Waals surface area contributed by atoms with Crippen LogP contribution in [0.25, 0.3) is 0 Å². The van der Waals surface area contributed by atoms with E-state index in [-0.39, 0.29) is 18.1 Å². The predicted molar refractivity (Wildman–Crippen MR) is 70.6 cm³/mol. The fraction of sp³-hybridized carbons (Fsp3) is 0.167. The lowest BCUT2D eigenvalue weighted by Gasteiger charge is -2.29. The first-order valence-corrected chi connectivity index (χ1v) is 7.05. The number of nitrogens with zero attached hydrogens (tertiary/aromatic N) is 1. The lowest BCUT2D eigenvalue weighted by Crippen LogP contribution is -2.30. The second-order valence-corrected chi connectivity index (χ2v) is 5.61. The Morgan fingerprint density at radius 2 is 2.05 bits per heavy atom. The summed E-state index contributed by atoms with van der Waals surface area (Å²) in [4.78, 5) is 6.92. The van der Waals surface area contributed by atoms with Crippen LogP contribution in [-0.4, -0.2) is 20.0 Å². The van der Waals surface area contributed by atoms with Crippen LogP contribution >= 0.6 is 0 Å². The maximum Gasteiger partial charge on any atom is 0.260 e. The molecular formula is C12H13N2O4S-. The SMILES string of the molecule is O=S(=O)(NOCc1ccccc1)C1=CC=CN([O-])C1. The van der Waals surface area contributed by atoms with Crippen LogP contribution in [0.15, 0.2) is 53.6 Å². The molecule has 0 amide bonds. The van der Waals surface area contributed by atoms with Crippen molar-refractivity contribution in [2.45, 2.75) is 6.61 Å². The van der Waals surface area contributed by atoms with Crippen molar-refractivity contribution in [3.05, 3.63) is 64.4 Å². The number of nitrogens with one attached hydrogen (secondary N) is 1. The molecular weight excluding hydrogens is 268 g/mol. The van der Waals surface area contributed by atoms with E-state index in [2.05, 4.69) is 0 Å². The Bertz CT molecular complexity index is 581. The average Bonchev–Trinajstić information content (AvgIpc) is 2.40. The van der Waals surface area contributed by atoms with Gasteiger partial charge in [-0.05, 0) is 23.9 Å². The zero-order valence-electron chi connectivity index (χ0n) is 10.0. The minimum absolute atomic E-state index is 0.0296. The van der Waals surface area contributed by atoms with Gasteiger partial charge < -0.3 is 10.3 Å². The first kappa shape index (κ1) is 13.8. The summed E-state index contributed by atoms with van der Waals surface area (Å²) in [5.74, 6) is 0. The summed E-state index contributed by atoms with van der Waals surface area (Å²) in [5, 5.41) is 11.6. The molecule has 19 heavy (non-hydrogen) atoms. The van der Waals surface area contributed by atoms with Crippen LogP contribution in [0.3, 0.4) is 0 Å². The number of hydroxylamine groups is 2. The summed E-state index contributed by atoms with van der Waals surface area (Å²) in [6, 6.07) is 9.15. The van der Waals surface area contributed by atoms with Gasteiger partial charge in [-0.15, -0.1) is 0 Å². The molecule has 0 aromatic heterocycles. The minimum atomic E-state index is -3.79. The summed E-state index contributed by atoms with van der Waals surface area (Å²) in [6.45, 7) is -0.106. The molecule has 1 aliphatic heterocycles. The molecule has 1 aromatic rings. The van der Waals surface area contributed by atoms with Crippen LogP contribution in [0.1, 0.15) is 5.56 Å². The van der Waals surface area contributed by atoms with Gasteiger partial charge in [0.15, 0.2) is 0 Å². The normalized spacial score (nSPS) is 15.4. The third-order valence-electron chi connectivity index (χ3n) is 2.44. The fourth-order valence-electron chi connectivity index (χ4n) is 1.50. The number of sulfonamides is 1. The maximum absolute atomic E-state index is 11.8. The monoisotopic (exact) mass is 281 g/mol. The van der Waals surface area contributed by atoms with Gasteiger partial charge in [0.25, 0.3) is 10.0 Å². The maximum atomic E-state index is 11.8. The summed E-state index contributed by atoms with van der Waals surface area (Å²) in [7, 11) is -3.79. The van der Waals surface area contributed by atoms with E-state index in [4.69, 9.17) is 4.84 Å². The molecule has 7 heteroatoms. The summed E-state index contributed by atoms with van der Waals surface area (Å²) < 4.78 is 23.6. The molecule has 0 atom stereocenters. The van der Waals surface area contributed by atoms with E-state index < -0.39 is 10.0 Å². The standard InChI is InChI=1S/C12H13N2O4S/c15-14-8-4-7-12(9-14)19(16,17)13-18-10-11-5-2-1-3-6-11/h1-8,13H,9-10H2/q-1. The van der Waals surface area contributed by atoms with E-state index in [9.17, 15) is 13.6 Å². The molecule has 0 bridgehead atoms. The number of hydrogen-bond acceptors (Lipinski definition) is 5. The molecule has 0 aliphatic carbocycles. The van der Waals surface area contributed by atoms with Crippen LogP contribution in [0, 0.1) is 5.21 Å². The van der Waals surface area contributed by atoms with Crippen molar-refractivity contribution in [2.24, 2.45) is 0 Å². The first-order valence-electron chi connectivity index (χ1n) is 5.56. The zero-order chi connectivity index (χ0) is 13.7. The number of hydrogen-bond donors (Lipinski definition) is 1. The van der Waals surface area contributed by atoms with Gasteiger partial charge in [0.05, 0.1) is 11.5 Å². The summed E-state index contributed by atoms with van der Waals surface area (Å²) in [5.41, 5.74) is 0.841. The molecule has 0 radical (unpaired) electrons. The largest absolute Gasteiger partial charge is 0.758 e. The van der Waals surface area contributed by atoms with E-state index in [1.807, 2.05) is 35.2 Å². The molecule has 1 aliphatic rings. The second-order valence-electron chi connectivity index (χ2n) is 3.91. The Morgan fingerprint density at radius 1 is 1.32 bits per heavy atom. The van der Waals surface area contributed by atoms with Crippen molar-refractivity contribution in [3.8, 4) is 0 Å². The van der Waals surface area contributed by atoms with E-state index in [0.29, 0.717) is 5.06 Å². The van der Waals surface area contributed by atoms with Gasteiger partial charge in [0, 0.05) is 6.54 Å². The van der Waals surface area contributed by atoms with Gasteiger partial charge in [-0.25, -0.2) is 8.42 Å². The van der Waals surface area contributed by atoms with Crippen molar-refractivity contribution >= 4 is 10.0 Å². The van der Waals surface area contributed by atoms with Crippen LogP contribution in [0.5, 0.6) is 0 Å². The predicted octanol–water partition coefficient (Wildman–Crippen LogP) is 1.25. The van der Waals surface area contributed by atoms with Crippen molar-refractivity contribution in [1.29, 1.82) is 0 Å². The molecule has 2 rings (SSSR count). The highest BCUT2D eigenvalue weighted by Gasteiger charge is 2.18. The average molecular weight is 281 g/mol. The molecule has 0 unspecified atom stereocenters. The lowest BCUT2D eigenvalue weighted by molar-refractivity contribution is 0.0801. The van der Waals surface area contributed by atoms with Crippen molar-refractivity contribution < 1.29 is 13.3 Å². The highest BCUT2D eigenvalue weighted by molar-refractivity contribution is 7.93. The van der Waals surface area contributed by atoms with Crippen LogP contribution in [-0.2, 0) is 21.5 Å². The van der Waals surface area contributed by atoms with Crippen LogP contribution in [0.2, 0.25) is 0 Å². The van der Waals surface area contributed by atoms with Gasteiger partial charge >= 0.3 is 0 Å². The number of rotatable bonds is 5. The Hall–Kier alpha value is -1.67. The Morgan fingerprint density at radius 3 is 2.74 bits per heavy atom. The van der Waals surface area contributed by atoms with Gasteiger partial charge in [-0.2, -0.15) is 0 Å². The van der Waals surface area contributed by atoms with Crippen molar-refractivity contribution in [2.75, 3.05) is 6.54 Å². The minimum Gasteiger partial charge on any atom is -0.758 e. The number of benzene rings is 1. The molecule has 0 spiro atoms. The fourth-order valence-corrected chi connectivity index (χ4v) is 2.37. The Kier molecular flexibility index (Phi) is 4.33. The quantitative estimate of drug-likeness (QED) is 0.821. The molecule has 1 heterocycles. The Balaban J connectivity index is 1.92. The third-order valence-corrected chi connectivity index (χ3v) is 3.73. The van der Waals surface area contributed by atoms with Gasteiger partial charge in [0.2, 0.25) is 0 Å². The molecule has 102 valence electrons. The first-order chi connectivity index (χ1) is 9.08. The van der Waals surface area contributed by atoms with E-state index >= 15 is 0 Å². The molecule has 1 N–H and O–H groups in total. The van der Waals surface area contributed by atoms with Gasteiger partial charge in [-0.3, -0.25) is 4.84 Å². The summed E-state index contributed by atoms with van der Waals surface area (Å²) in [6.07, 6.45) is 3.99. The lowest BCUT2D eigenvalue weighted by atomic mass is 10.2. The molecule has 0 saturated carbocycles. The molecule has 6 nitrogen and oxygen atoms in total. The molecule has 0 saturated heterocycles.